The molecule has 0 bridgehead atoms. The summed E-state index contributed by atoms with van der Waals surface area (Å²) in [5, 5.41) is 10.3. The summed E-state index contributed by atoms with van der Waals surface area (Å²) in [6.07, 6.45) is 1.51. The van der Waals surface area contributed by atoms with E-state index >= 15 is 0 Å². The van der Waals surface area contributed by atoms with E-state index in [4.69, 9.17) is 0 Å². The molecule has 1 unspecified atom stereocenters. The number of nitrogens with zero attached hydrogens (tertiary/aromatic N) is 1. The summed E-state index contributed by atoms with van der Waals surface area (Å²) in [5.74, 6) is -0.0502. The van der Waals surface area contributed by atoms with Crippen LogP contribution in [0.3, 0.4) is 0 Å². The van der Waals surface area contributed by atoms with Crippen LogP contribution in [0, 0.1) is 15.5 Å². The molecule has 74 valence electrons. The van der Waals surface area contributed by atoms with E-state index in [9.17, 15) is 19.3 Å². The highest BCUT2D eigenvalue weighted by molar-refractivity contribution is 5.79. The molecule has 0 heterocycles. The van der Waals surface area contributed by atoms with E-state index in [-0.39, 0.29) is 12.2 Å². The second kappa shape index (κ2) is 3.81. The van der Waals surface area contributed by atoms with E-state index in [1.54, 1.807) is 0 Å². The molecule has 5 heteroatoms. The molecule has 0 radical (unpaired) electrons. The first-order valence-electron chi connectivity index (χ1n) is 4.27. The standard InChI is InChI=1S/C8H12FNO3/c9-5-8(6-10(12)13)3-1-2-7(11)4-8/h1-6H2. The lowest BCUT2D eigenvalue weighted by molar-refractivity contribution is -0.498. The number of hydrogen-bond donors (Lipinski definition) is 0. The van der Waals surface area contributed by atoms with Gasteiger partial charge in [0.05, 0.1) is 5.41 Å². The number of halogens is 1. The topological polar surface area (TPSA) is 60.2 Å². The van der Waals surface area contributed by atoms with Crippen LogP contribution in [0.25, 0.3) is 0 Å². The van der Waals surface area contributed by atoms with Crippen LogP contribution < -0.4 is 0 Å². The molecule has 0 spiro atoms. The van der Waals surface area contributed by atoms with Crippen LogP contribution in [0.15, 0.2) is 0 Å². The number of rotatable bonds is 3. The SMILES string of the molecule is O=C1CCCC(CF)(C[N+](=O)[O-])C1. The number of carbonyl (C=O) groups is 1. The van der Waals surface area contributed by atoms with Crippen LogP contribution in [0.2, 0.25) is 0 Å². The minimum absolute atomic E-state index is 0.0322. The van der Waals surface area contributed by atoms with E-state index < -0.39 is 23.6 Å². The van der Waals surface area contributed by atoms with Crippen molar-refractivity contribution < 1.29 is 14.1 Å². The minimum Gasteiger partial charge on any atom is -0.300 e. The van der Waals surface area contributed by atoms with Gasteiger partial charge in [0.15, 0.2) is 0 Å². The maximum absolute atomic E-state index is 12.6. The van der Waals surface area contributed by atoms with Gasteiger partial charge < -0.3 is 0 Å². The van der Waals surface area contributed by atoms with E-state index in [2.05, 4.69) is 0 Å². The zero-order valence-corrected chi connectivity index (χ0v) is 7.29. The largest absolute Gasteiger partial charge is 0.300 e. The average molecular weight is 189 g/mol. The molecule has 1 aliphatic rings. The molecule has 1 rings (SSSR count). The van der Waals surface area contributed by atoms with Gasteiger partial charge in [0.25, 0.3) is 0 Å². The summed E-state index contributed by atoms with van der Waals surface area (Å²) in [5.41, 5.74) is -1.00. The second-order valence-corrected chi connectivity index (χ2v) is 3.69. The summed E-state index contributed by atoms with van der Waals surface area (Å²) in [7, 11) is 0. The summed E-state index contributed by atoms with van der Waals surface area (Å²) < 4.78 is 12.6. The van der Waals surface area contributed by atoms with E-state index in [0.717, 1.165) is 0 Å². The maximum atomic E-state index is 12.6. The number of ketones is 1. The van der Waals surface area contributed by atoms with E-state index in [1.807, 2.05) is 0 Å². The van der Waals surface area contributed by atoms with Crippen molar-refractivity contribution >= 4 is 5.78 Å². The molecule has 0 aromatic heterocycles. The van der Waals surface area contributed by atoms with Gasteiger partial charge in [-0.1, -0.05) is 0 Å². The highest BCUT2D eigenvalue weighted by atomic mass is 19.1. The molecule has 0 aliphatic heterocycles. The van der Waals surface area contributed by atoms with Gasteiger partial charge in [0.2, 0.25) is 6.54 Å². The third-order valence-electron chi connectivity index (χ3n) is 2.48. The Morgan fingerprint density at radius 3 is 2.77 bits per heavy atom. The van der Waals surface area contributed by atoms with Crippen molar-refractivity contribution in [3.05, 3.63) is 10.1 Å². The predicted octanol–water partition coefficient (Wildman–Crippen LogP) is 1.36. The first-order valence-corrected chi connectivity index (χ1v) is 4.27. The van der Waals surface area contributed by atoms with Crippen molar-refractivity contribution in [1.29, 1.82) is 0 Å². The summed E-state index contributed by atoms with van der Waals surface area (Å²) >= 11 is 0. The third-order valence-corrected chi connectivity index (χ3v) is 2.48. The van der Waals surface area contributed by atoms with Crippen molar-refractivity contribution in [3.63, 3.8) is 0 Å². The lowest BCUT2D eigenvalue weighted by Gasteiger charge is -2.29. The van der Waals surface area contributed by atoms with Crippen molar-refractivity contribution in [3.8, 4) is 0 Å². The van der Waals surface area contributed by atoms with Gasteiger partial charge in [-0.25, -0.2) is 0 Å². The Kier molecular flexibility index (Phi) is 2.95. The molecule has 0 aromatic carbocycles. The van der Waals surface area contributed by atoms with Crippen molar-refractivity contribution in [1.82, 2.24) is 0 Å². The molecule has 0 aromatic rings. The van der Waals surface area contributed by atoms with Crippen molar-refractivity contribution in [2.45, 2.75) is 25.7 Å². The Balaban J connectivity index is 2.67. The van der Waals surface area contributed by atoms with Gasteiger partial charge in [-0.3, -0.25) is 19.3 Å². The zero-order chi connectivity index (χ0) is 9.90. The molecular weight excluding hydrogens is 177 g/mol. The lowest BCUT2D eigenvalue weighted by Crippen LogP contribution is -2.37. The quantitative estimate of drug-likeness (QED) is 0.497. The van der Waals surface area contributed by atoms with Crippen LogP contribution >= 0.6 is 0 Å². The average Bonchev–Trinajstić information content (AvgIpc) is 2.03. The van der Waals surface area contributed by atoms with E-state index in [1.165, 1.54) is 0 Å². The van der Waals surface area contributed by atoms with Crippen molar-refractivity contribution in [2.24, 2.45) is 5.41 Å². The number of hydrogen-bond acceptors (Lipinski definition) is 3. The summed E-state index contributed by atoms with van der Waals surface area (Å²) in [6, 6.07) is 0. The first-order chi connectivity index (χ1) is 6.08. The molecule has 1 saturated carbocycles. The van der Waals surface area contributed by atoms with Gasteiger partial charge >= 0.3 is 0 Å². The Morgan fingerprint density at radius 1 is 1.62 bits per heavy atom. The molecule has 0 saturated heterocycles. The molecule has 0 N–H and O–H groups in total. The molecule has 1 aliphatic carbocycles. The van der Waals surface area contributed by atoms with Gasteiger partial charge in [-0.2, -0.15) is 0 Å². The van der Waals surface area contributed by atoms with Crippen molar-refractivity contribution in [2.75, 3.05) is 13.2 Å². The smallest absolute Gasteiger partial charge is 0.212 e. The first kappa shape index (κ1) is 10.1. The number of carbonyl (C=O) groups excluding carboxylic acids is 1. The normalized spacial score (nSPS) is 28.8. The monoisotopic (exact) mass is 189 g/mol. The van der Waals surface area contributed by atoms with Crippen LogP contribution in [0.1, 0.15) is 25.7 Å². The van der Waals surface area contributed by atoms with Crippen LogP contribution in [-0.2, 0) is 4.79 Å². The Morgan fingerprint density at radius 2 is 2.31 bits per heavy atom. The number of Topliss-reactive ketones (excluding diaryl/α,β-unsaturated/α-hetero) is 1. The lowest BCUT2D eigenvalue weighted by atomic mass is 9.74. The second-order valence-electron chi connectivity index (χ2n) is 3.69. The zero-order valence-electron chi connectivity index (χ0n) is 7.29. The minimum atomic E-state index is -1.00. The fourth-order valence-corrected chi connectivity index (χ4v) is 1.82. The van der Waals surface area contributed by atoms with Gasteiger partial charge in [0.1, 0.15) is 12.5 Å². The highest BCUT2D eigenvalue weighted by Gasteiger charge is 2.40. The van der Waals surface area contributed by atoms with Gasteiger partial charge in [-0.15, -0.1) is 0 Å². The van der Waals surface area contributed by atoms with Gasteiger partial charge in [0, 0.05) is 17.8 Å². The fourth-order valence-electron chi connectivity index (χ4n) is 1.82. The molecule has 13 heavy (non-hydrogen) atoms. The van der Waals surface area contributed by atoms with E-state index in [0.29, 0.717) is 19.3 Å². The molecule has 4 nitrogen and oxygen atoms in total. The highest BCUT2D eigenvalue weighted by Crippen LogP contribution is 2.35. The number of nitro groups is 1. The Hall–Kier alpha value is -1.00. The summed E-state index contributed by atoms with van der Waals surface area (Å²) in [4.78, 5) is 20.8. The molecule has 1 fully saturated rings. The molecule has 0 amide bonds. The maximum Gasteiger partial charge on any atom is 0.212 e. The summed E-state index contributed by atoms with van der Waals surface area (Å²) in [6.45, 7) is -1.19. The van der Waals surface area contributed by atoms with Crippen LogP contribution in [0.5, 0.6) is 0 Å². The fraction of sp³-hybridized carbons (Fsp3) is 0.875. The Labute approximate surface area is 75.3 Å². The molecular formula is C8H12FNO3. The predicted molar refractivity (Wildman–Crippen MR) is 43.7 cm³/mol. The molecule has 1 atom stereocenters. The number of alkyl halides is 1. The van der Waals surface area contributed by atoms with Crippen LogP contribution in [-0.4, -0.2) is 23.9 Å². The van der Waals surface area contributed by atoms with Crippen LogP contribution in [0.4, 0.5) is 4.39 Å². The Bertz CT molecular complexity index is 227. The van der Waals surface area contributed by atoms with Gasteiger partial charge in [-0.05, 0) is 12.8 Å². The third kappa shape index (κ3) is 2.47.